The first-order valence-electron chi connectivity index (χ1n) is 4.52. The van der Waals surface area contributed by atoms with Gasteiger partial charge < -0.3 is 9.64 Å². The van der Waals surface area contributed by atoms with Gasteiger partial charge in [-0.3, -0.25) is 5.43 Å². The van der Waals surface area contributed by atoms with E-state index in [0.717, 1.165) is 32.1 Å². The zero-order valence-corrected chi connectivity index (χ0v) is 7.81. The standard InChI is InChI=1S/C8H13N5O/c9-12-8-10-2-1-7(11-8)13-3-5-14-6-4-13/h1-2H,3-6,9H2,(H,10,11,12). The van der Waals surface area contributed by atoms with Crippen molar-refractivity contribution in [2.45, 2.75) is 0 Å². The van der Waals surface area contributed by atoms with Crippen LogP contribution in [0, 0.1) is 0 Å². The number of nitrogen functional groups attached to an aromatic ring is 1. The lowest BCUT2D eigenvalue weighted by Gasteiger charge is -2.27. The van der Waals surface area contributed by atoms with E-state index in [1.807, 2.05) is 6.07 Å². The fourth-order valence-electron chi connectivity index (χ4n) is 1.39. The summed E-state index contributed by atoms with van der Waals surface area (Å²) in [6.45, 7) is 3.22. The van der Waals surface area contributed by atoms with Crippen molar-refractivity contribution in [3.8, 4) is 0 Å². The second-order valence-electron chi connectivity index (χ2n) is 2.98. The largest absolute Gasteiger partial charge is 0.378 e. The maximum atomic E-state index is 5.25. The smallest absolute Gasteiger partial charge is 0.239 e. The van der Waals surface area contributed by atoms with Gasteiger partial charge in [-0.2, -0.15) is 4.98 Å². The van der Waals surface area contributed by atoms with E-state index < -0.39 is 0 Å². The molecule has 1 aromatic heterocycles. The first-order valence-corrected chi connectivity index (χ1v) is 4.52. The minimum absolute atomic E-state index is 0.439. The lowest BCUT2D eigenvalue weighted by molar-refractivity contribution is 0.122. The van der Waals surface area contributed by atoms with Gasteiger partial charge in [0, 0.05) is 19.3 Å². The van der Waals surface area contributed by atoms with Crippen LogP contribution in [0.4, 0.5) is 11.8 Å². The molecule has 14 heavy (non-hydrogen) atoms. The molecule has 1 fully saturated rings. The molecule has 0 amide bonds. The fourth-order valence-corrected chi connectivity index (χ4v) is 1.39. The maximum Gasteiger partial charge on any atom is 0.239 e. The number of nitrogens with two attached hydrogens (primary N) is 1. The Kier molecular flexibility index (Phi) is 2.76. The monoisotopic (exact) mass is 195 g/mol. The van der Waals surface area contributed by atoms with Crippen LogP contribution in [0.5, 0.6) is 0 Å². The van der Waals surface area contributed by atoms with Gasteiger partial charge in [0.15, 0.2) is 0 Å². The summed E-state index contributed by atoms with van der Waals surface area (Å²) in [4.78, 5) is 10.3. The second-order valence-corrected chi connectivity index (χ2v) is 2.98. The van der Waals surface area contributed by atoms with Crippen molar-refractivity contribution in [1.29, 1.82) is 0 Å². The Bertz CT molecular complexity index is 300. The molecule has 0 spiro atoms. The minimum Gasteiger partial charge on any atom is -0.378 e. The molecule has 1 saturated heterocycles. The van der Waals surface area contributed by atoms with E-state index in [4.69, 9.17) is 10.6 Å². The zero-order valence-electron chi connectivity index (χ0n) is 7.81. The van der Waals surface area contributed by atoms with Crippen LogP contribution in [0.1, 0.15) is 0 Å². The van der Waals surface area contributed by atoms with Gasteiger partial charge in [-0.1, -0.05) is 0 Å². The molecule has 0 radical (unpaired) electrons. The number of hydrogen-bond acceptors (Lipinski definition) is 6. The number of ether oxygens (including phenoxy) is 1. The van der Waals surface area contributed by atoms with Gasteiger partial charge in [0.25, 0.3) is 0 Å². The van der Waals surface area contributed by atoms with Gasteiger partial charge in [-0.25, -0.2) is 10.8 Å². The van der Waals surface area contributed by atoms with Crippen molar-refractivity contribution >= 4 is 11.8 Å². The Hall–Kier alpha value is -1.40. The molecule has 76 valence electrons. The van der Waals surface area contributed by atoms with Gasteiger partial charge >= 0.3 is 0 Å². The Morgan fingerprint density at radius 2 is 2.21 bits per heavy atom. The van der Waals surface area contributed by atoms with Gasteiger partial charge in [0.1, 0.15) is 5.82 Å². The molecule has 6 nitrogen and oxygen atoms in total. The van der Waals surface area contributed by atoms with Crippen LogP contribution >= 0.6 is 0 Å². The number of morpholine rings is 1. The lowest BCUT2D eigenvalue weighted by atomic mass is 10.4. The second kappa shape index (κ2) is 4.21. The van der Waals surface area contributed by atoms with Crippen LogP contribution in [0.15, 0.2) is 12.3 Å². The molecule has 2 rings (SSSR count). The molecule has 6 heteroatoms. The number of hydrazine groups is 1. The van der Waals surface area contributed by atoms with Gasteiger partial charge in [0.2, 0.25) is 5.95 Å². The summed E-state index contributed by atoms with van der Waals surface area (Å²) in [7, 11) is 0. The van der Waals surface area contributed by atoms with E-state index in [-0.39, 0.29) is 0 Å². The van der Waals surface area contributed by atoms with Crippen LogP contribution in [-0.2, 0) is 4.74 Å². The van der Waals surface area contributed by atoms with Gasteiger partial charge in [-0.15, -0.1) is 0 Å². The van der Waals surface area contributed by atoms with E-state index >= 15 is 0 Å². The van der Waals surface area contributed by atoms with E-state index in [0.29, 0.717) is 5.95 Å². The van der Waals surface area contributed by atoms with Crippen LogP contribution in [-0.4, -0.2) is 36.3 Å². The Labute approximate surface area is 82.1 Å². The third kappa shape index (κ3) is 1.91. The molecule has 3 N–H and O–H groups in total. The maximum absolute atomic E-state index is 5.25. The van der Waals surface area contributed by atoms with Crippen molar-refractivity contribution < 1.29 is 4.74 Å². The van der Waals surface area contributed by atoms with Crippen molar-refractivity contribution in [3.63, 3.8) is 0 Å². The van der Waals surface area contributed by atoms with Crippen LogP contribution in [0.2, 0.25) is 0 Å². The van der Waals surface area contributed by atoms with E-state index in [9.17, 15) is 0 Å². The molecular formula is C8H13N5O. The highest BCUT2D eigenvalue weighted by Crippen LogP contribution is 2.12. The number of anilines is 2. The highest BCUT2D eigenvalue weighted by atomic mass is 16.5. The SMILES string of the molecule is NNc1nccc(N2CCOCC2)n1. The van der Waals surface area contributed by atoms with Gasteiger partial charge in [0.05, 0.1) is 13.2 Å². The fraction of sp³-hybridized carbons (Fsp3) is 0.500. The molecular weight excluding hydrogens is 182 g/mol. The van der Waals surface area contributed by atoms with Crippen LogP contribution in [0.25, 0.3) is 0 Å². The van der Waals surface area contributed by atoms with Crippen molar-refractivity contribution in [2.75, 3.05) is 36.6 Å². The molecule has 0 bridgehead atoms. The third-order valence-corrected chi connectivity index (χ3v) is 2.11. The molecule has 2 heterocycles. The predicted octanol–water partition coefficient (Wildman–Crippen LogP) is -0.401. The average molecular weight is 195 g/mol. The average Bonchev–Trinajstić information content (AvgIpc) is 2.30. The first-order chi connectivity index (χ1) is 6.90. The Morgan fingerprint density at radius 1 is 1.43 bits per heavy atom. The number of hydrogen-bond donors (Lipinski definition) is 2. The van der Waals surface area contributed by atoms with Crippen molar-refractivity contribution in [1.82, 2.24) is 9.97 Å². The molecule has 0 saturated carbocycles. The molecule has 1 aliphatic rings. The first kappa shape index (κ1) is 9.17. The summed E-state index contributed by atoms with van der Waals surface area (Å²) in [6.07, 6.45) is 1.69. The molecule has 0 atom stereocenters. The summed E-state index contributed by atoms with van der Waals surface area (Å²) in [5, 5.41) is 0. The summed E-state index contributed by atoms with van der Waals surface area (Å²) in [5.74, 6) is 6.55. The van der Waals surface area contributed by atoms with Crippen molar-refractivity contribution in [3.05, 3.63) is 12.3 Å². The number of nitrogens with one attached hydrogen (secondary N) is 1. The van der Waals surface area contributed by atoms with Crippen LogP contribution in [0.3, 0.4) is 0 Å². The number of nitrogens with zero attached hydrogens (tertiary/aromatic N) is 3. The highest BCUT2D eigenvalue weighted by molar-refractivity contribution is 5.42. The molecule has 0 aliphatic carbocycles. The number of aromatic nitrogens is 2. The summed E-state index contributed by atoms with van der Waals surface area (Å²) < 4.78 is 5.25. The topological polar surface area (TPSA) is 76.3 Å². The molecule has 1 aromatic rings. The summed E-state index contributed by atoms with van der Waals surface area (Å²) in [5.41, 5.74) is 2.43. The Balaban J connectivity index is 2.13. The lowest BCUT2D eigenvalue weighted by Crippen LogP contribution is -2.36. The Morgan fingerprint density at radius 3 is 2.93 bits per heavy atom. The minimum atomic E-state index is 0.439. The van der Waals surface area contributed by atoms with E-state index in [2.05, 4.69) is 20.3 Å². The number of rotatable bonds is 2. The third-order valence-electron chi connectivity index (χ3n) is 2.11. The zero-order chi connectivity index (χ0) is 9.80. The molecule has 1 aliphatic heterocycles. The normalized spacial score (nSPS) is 16.8. The summed E-state index contributed by atoms with van der Waals surface area (Å²) in [6, 6.07) is 1.87. The van der Waals surface area contributed by atoms with E-state index in [1.165, 1.54) is 0 Å². The quantitative estimate of drug-likeness (QED) is 0.494. The molecule has 0 unspecified atom stereocenters. The summed E-state index contributed by atoms with van der Waals surface area (Å²) >= 11 is 0. The predicted molar refractivity (Wildman–Crippen MR) is 52.9 cm³/mol. The van der Waals surface area contributed by atoms with Gasteiger partial charge in [-0.05, 0) is 6.07 Å². The van der Waals surface area contributed by atoms with E-state index in [1.54, 1.807) is 6.20 Å². The molecule has 0 aromatic carbocycles. The van der Waals surface area contributed by atoms with Crippen LogP contribution < -0.4 is 16.2 Å². The van der Waals surface area contributed by atoms with Crippen molar-refractivity contribution in [2.24, 2.45) is 5.84 Å². The highest BCUT2D eigenvalue weighted by Gasteiger charge is 2.12.